The van der Waals surface area contributed by atoms with E-state index in [1.807, 2.05) is 38.1 Å². The molecule has 0 radical (unpaired) electrons. The third kappa shape index (κ3) is 3.44. The molecule has 0 saturated carbocycles. The zero-order valence-electron chi connectivity index (χ0n) is 15.0. The third-order valence-electron chi connectivity index (χ3n) is 4.29. The van der Waals surface area contributed by atoms with E-state index >= 15 is 0 Å². The Balaban J connectivity index is 1.91. The van der Waals surface area contributed by atoms with Gasteiger partial charge in [0.15, 0.2) is 0 Å². The van der Waals surface area contributed by atoms with Crippen LogP contribution in [-0.2, 0) is 0 Å². The molecule has 1 aromatic carbocycles. The number of ether oxygens (including phenoxy) is 1. The van der Waals surface area contributed by atoms with Gasteiger partial charge < -0.3 is 10.1 Å². The van der Waals surface area contributed by atoms with Crippen molar-refractivity contribution in [3.63, 3.8) is 0 Å². The lowest BCUT2D eigenvalue weighted by molar-refractivity contribution is 0.0923. The molecule has 26 heavy (non-hydrogen) atoms. The molecule has 1 unspecified atom stereocenters. The van der Waals surface area contributed by atoms with E-state index in [9.17, 15) is 9.59 Å². The van der Waals surface area contributed by atoms with Crippen LogP contribution in [0.3, 0.4) is 0 Å². The van der Waals surface area contributed by atoms with E-state index in [0.29, 0.717) is 5.65 Å². The highest BCUT2D eigenvalue weighted by atomic mass is 16.5. The summed E-state index contributed by atoms with van der Waals surface area (Å²) in [7, 11) is 1.61. The highest BCUT2D eigenvalue weighted by Gasteiger charge is 2.21. The molecular formula is C20H21N3O3. The molecule has 134 valence electrons. The molecule has 1 amide bonds. The van der Waals surface area contributed by atoms with E-state index in [-0.39, 0.29) is 23.1 Å². The van der Waals surface area contributed by atoms with Crippen LogP contribution in [0.25, 0.3) is 5.65 Å². The number of rotatable bonds is 5. The van der Waals surface area contributed by atoms with Gasteiger partial charge in [0.2, 0.25) is 0 Å². The lowest BCUT2D eigenvalue weighted by Gasteiger charge is -2.23. The largest absolute Gasteiger partial charge is 0.497 e. The summed E-state index contributed by atoms with van der Waals surface area (Å²) in [6, 6.07) is 12.5. The first-order valence-corrected chi connectivity index (χ1v) is 8.42. The molecule has 1 N–H and O–H groups in total. The van der Waals surface area contributed by atoms with Crippen molar-refractivity contribution < 1.29 is 9.53 Å². The zero-order valence-corrected chi connectivity index (χ0v) is 15.0. The van der Waals surface area contributed by atoms with Crippen molar-refractivity contribution in [1.82, 2.24) is 14.7 Å². The summed E-state index contributed by atoms with van der Waals surface area (Å²) in [4.78, 5) is 29.5. The Labute approximate surface area is 151 Å². The average molecular weight is 351 g/mol. The molecule has 0 fully saturated rings. The maximum absolute atomic E-state index is 12.7. The smallest absolute Gasteiger partial charge is 0.270 e. The Kier molecular flexibility index (Phi) is 5.02. The molecule has 0 aliphatic rings. The van der Waals surface area contributed by atoms with Crippen LogP contribution in [-0.4, -0.2) is 22.4 Å². The van der Waals surface area contributed by atoms with Crippen molar-refractivity contribution >= 4 is 11.6 Å². The maximum Gasteiger partial charge on any atom is 0.270 e. The minimum atomic E-state index is -0.435. The van der Waals surface area contributed by atoms with Gasteiger partial charge in [-0.1, -0.05) is 32.0 Å². The van der Waals surface area contributed by atoms with Gasteiger partial charge in [-0.3, -0.25) is 14.0 Å². The number of carbonyl (C=O) groups is 1. The van der Waals surface area contributed by atoms with Gasteiger partial charge in [0.1, 0.15) is 17.0 Å². The quantitative estimate of drug-likeness (QED) is 0.767. The molecule has 2 aromatic heterocycles. The summed E-state index contributed by atoms with van der Waals surface area (Å²) in [5, 5.41) is 2.96. The number of amides is 1. The highest BCUT2D eigenvalue weighted by molar-refractivity contribution is 5.94. The Morgan fingerprint density at radius 3 is 2.54 bits per heavy atom. The summed E-state index contributed by atoms with van der Waals surface area (Å²) >= 11 is 0. The fourth-order valence-electron chi connectivity index (χ4n) is 2.85. The Morgan fingerprint density at radius 1 is 1.15 bits per heavy atom. The van der Waals surface area contributed by atoms with Crippen molar-refractivity contribution in [2.24, 2.45) is 5.92 Å². The zero-order chi connectivity index (χ0) is 18.7. The normalized spacial score (nSPS) is 12.2. The predicted octanol–water partition coefficient (Wildman–Crippen LogP) is 2.83. The highest BCUT2D eigenvalue weighted by Crippen LogP contribution is 2.24. The van der Waals surface area contributed by atoms with Crippen LogP contribution < -0.4 is 15.6 Å². The lowest BCUT2D eigenvalue weighted by atomic mass is 9.95. The van der Waals surface area contributed by atoms with Crippen molar-refractivity contribution in [3.8, 4) is 5.75 Å². The monoisotopic (exact) mass is 351 g/mol. The van der Waals surface area contributed by atoms with E-state index < -0.39 is 5.91 Å². The number of hydrogen-bond donors (Lipinski definition) is 1. The molecule has 6 heteroatoms. The van der Waals surface area contributed by atoms with Gasteiger partial charge in [0.25, 0.3) is 11.5 Å². The average Bonchev–Trinajstić information content (AvgIpc) is 2.66. The number of nitrogens with one attached hydrogen (secondary N) is 1. The second kappa shape index (κ2) is 7.39. The molecular weight excluding hydrogens is 330 g/mol. The molecule has 0 aliphatic heterocycles. The summed E-state index contributed by atoms with van der Waals surface area (Å²) in [5.41, 5.74) is 1.09. The van der Waals surface area contributed by atoms with Crippen molar-refractivity contribution in [1.29, 1.82) is 0 Å². The minimum absolute atomic E-state index is 0.0212. The van der Waals surface area contributed by atoms with Crippen molar-refractivity contribution in [3.05, 3.63) is 76.3 Å². The number of methoxy groups -OCH3 is 1. The standard InChI is InChI=1S/C20H21N3O3/c1-13(2)18(14-7-9-15(26-3)10-8-14)22-19(24)16-12-21-17-6-4-5-11-23(17)20(16)25/h4-13,18H,1-3H3,(H,22,24). The van der Waals surface area contributed by atoms with E-state index in [1.54, 1.807) is 31.5 Å². The molecule has 3 rings (SSSR count). The maximum atomic E-state index is 12.7. The van der Waals surface area contributed by atoms with Crippen LogP contribution in [0.1, 0.15) is 35.8 Å². The first-order chi connectivity index (χ1) is 12.5. The van der Waals surface area contributed by atoms with Gasteiger partial charge in [0.05, 0.1) is 13.2 Å². The van der Waals surface area contributed by atoms with Crippen LogP contribution in [0.5, 0.6) is 5.75 Å². The first-order valence-electron chi connectivity index (χ1n) is 8.42. The summed E-state index contributed by atoms with van der Waals surface area (Å²) in [6.07, 6.45) is 2.93. The van der Waals surface area contributed by atoms with Gasteiger partial charge in [-0.05, 0) is 35.7 Å². The van der Waals surface area contributed by atoms with Crippen LogP contribution in [0, 0.1) is 5.92 Å². The predicted molar refractivity (Wildman–Crippen MR) is 99.5 cm³/mol. The summed E-state index contributed by atoms with van der Waals surface area (Å²) in [6.45, 7) is 4.03. The van der Waals surface area contributed by atoms with Crippen molar-refractivity contribution in [2.75, 3.05) is 7.11 Å². The second-order valence-electron chi connectivity index (χ2n) is 6.37. The van der Waals surface area contributed by atoms with Gasteiger partial charge in [-0.2, -0.15) is 0 Å². The van der Waals surface area contributed by atoms with Crippen LogP contribution in [0.15, 0.2) is 59.7 Å². The molecule has 1 atom stereocenters. The Morgan fingerprint density at radius 2 is 1.88 bits per heavy atom. The fourth-order valence-corrected chi connectivity index (χ4v) is 2.85. The van der Waals surface area contributed by atoms with E-state index in [2.05, 4.69) is 10.3 Å². The van der Waals surface area contributed by atoms with E-state index in [0.717, 1.165) is 11.3 Å². The van der Waals surface area contributed by atoms with Gasteiger partial charge >= 0.3 is 0 Å². The molecule has 3 aromatic rings. The topological polar surface area (TPSA) is 72.7 Å². The third-order valence-corrected chi connectivity index (χ3v) is 4.29. The molecule has 2 heterocycles. The number of hydrogen-bond acceptors (Lipinski definition) is 4. The SMILES string of the molecule is COc1ccc(C(NC(=O)c2cnc3ccccn3c2=O)C(C)C)cc1. The number of pyridine rings is 1. The molecule has 6 nitrogen and oxygen atoms in total. The van der Waals surface area contributed by atoms with Gasteiger partial charge in [0, 0.05) is 12.4 Å². The van der Waals surface area contributed by atoms with Crippen molar-refractivity contribution in [2.45, 2.75) is 19.9 Å². The lowest BCUT2D eigenvalue weighted by Crippen LogP contribution is -2.36. The molecule has 0 saturated heterocycles. The first kappa shape index (κ1) is 17.7. The second-order valence-corrected chi connectivity index (χ2v) is 6.37. The number of nitrogens with zero attached hydrogens (tertiary/aromatic N) is 2. The van der Waals surface area contributed by atoms with Crippen LogP contribution in [0.4, 0.5) is 0 Å². The number of fused-ring (bicyclic) bond motifs is 1. The van der Waals surface area contributed by atoms with E-state index in [4.69, 9.17) is 4.74 Å². The minimum Gasteiger partial charge on any atom is -0.497 e. The number of carbonyl (C=O) groups excluding carboxylic acids is 1. The molecule has 0 spiro atoms. The fraction of sp³-hybridized carbons (Fsp3) is 0.250. The summed E-state index contributed by atoms with van der Waals surface area (Å²) in [5.74, 6) is 0.457. The Hall–Kier alpha value is -3.15. The molecule has 0 bridgehead atoms. The number of aromatic nitrogens is 2. The van der Waals surface area contributed by atoms with Gasteiger partial charge in [-0.25, -0.2) is 4.98 Å². The Bertz CT molecular complexity index is 978. The van der Waals surface area contributed by atoms with Crippen LogP contribution >= 0.6 is 0 Å². The molecule has 0 aliphatic carbocycles. The van der Waals surface area contributed by atoms with Gasteiger partial charge in [-0.15, -0.1) is 0 Å². The van der Waals surface area contributed by atoms with E-state index in [1.165, 1.54) is 10.6 Å². The number of benzene rings is 1. The van der Waals surface area contributed by atoms with Crippen LogP contribution in [0.2, 0.25) is 0 Å². The summed E-state index contributed by atoms with van der Waals surface area (Å²) < 4.78 is 6.54.